The molecule has 0 N–H and O–H groups in total. The van der Waals surface area contributed by atoms with Crippen molar-refractivity contribution in [1.82, 2.24) is 4.90 Å². The van der Waals surface area contributed by atoms with Gasteiger partial charge in [0.1, 0.15) is 12.2 Å². The van der Waals surface area contributed by atoms with Crippen LogP contribution < -0.4 is 0 Å². The number of nitrogens with zero attached hydrogens (tertiary/aromatic N) is 1. The van der Waals surface area contributed by atoms with Gasteiger partial charge in [0.15, 0.2) is 0 Å². The third-order valence-corrected chi connectivity index (χ3v) is 5.48. The third-order valence-electron chi connectivity index (χ3n) is 5.48. The maximum Gasteiger partial charge on any atom is 0.320 e. The standard InChI is InChI=1S/C15H21NO4/c17-12(8-16-4-2-1-3-5-16)19-13-9-6-10-11(7-9)15(18)20-14(10)13/h9-11,13-14H,1-8H2. The molecule has 2 saturated carbocycles. The van der Waals surface area contributed by atoms with Crippen molar-refractivity contribution in [1.29, 1.82) is 0 Å². The number of esters is 2. The molecule has 4 fully saturated rings. The van der Waals surface area contributed by atoms with E-state index in [1.807, 2.05) is 0 Å². The van der Waals surface area contributed by atoms with E-state index in [2.05, 4.69) is 4.90 Å². The summed E-state index contributed by atoms with van der Waals surface area (Å²) in [5, 5.41) is 0. The summed E-state index contributed by atoms with van der Waals surface area (Å²) >= 11 is 0. The molecule has 0 spiro atoms. The van der Waals surface area contributed by atoms with E-state index in [4.69, 9.17) is 9.47 Å². The maximum atomic E-state index is 12.1. The van der Waals surface area contributed by atoms with Crippen LogP contribution in [0.3, 0.4) is 0 Å². The zero-order valence-electron chi connectivity index (χ0n) is 11.6. The van der Waals surface area contributed by atoms with Gasteiger partial charge in [-0.05, 0) is 38.8 Å². The Balaban J connectivity index is 1.35. The van der Waals surface area contributed by atoms with E-state index in [1.54, 1.807) is 0 Å². The van der Waals surface area contributed by atoms with Crippen LogP contribution in [-0.4, -0.2) is 48.7 Å². The summed E-state index contributed by atoms with van der Waals surface area (Å²) in [4.78, 5) is 25.9. The van der Waals surface area contributed by atoms with Gasteiger partial charge in [-0.1, -0.05) is 6.42 Å². The lowest BCUT2D eigenvalue weighted by Gasteiger charge is -2.28. The van der Waals surface area contributed by atoms with Gasteiger partial charge >= 0.3 is 11.9 Å². The first kappa shape index (κ1) is 12.6. The predicted octanol–water partition coefficient (Wildman–Crippen LogP) is 0.965. The van der Waals surface area contributed by atoms with Gasteiger partial charge in [0, 0.05) is 11.8 Å². The van der Waals surface area contributed by atoms with Gasteiger partial charge in [-0.2, -0.15) is 0 Å². The minimum atomic E-state index is -0.181. The van der Waals surface area contributed by atoms with Crippen LogP contribution in [0.4, 0.5) is 0 Å². The number of rotatable bonds is 3. The fraction of sp³-hybridized carbons (Fsp3) is 0.867. The van der Waals surface area contributed by atoms with Gasteiger partial charge in [0.05, 0.1) is 12.5 Å². The molecule has 5 unspecified atom stereocenters. The van der Waals surface area contributed by atoms with E-state index < -0.39 is 0 Å². The van der Waals surface area contributed by atoms with E-state index >= 15 is 0 Å². The van der Waals surface area contributed by atoms with Gasteiger partial charge in [0.2, 0.25) is 0 Å². The third kappa shape index (κ3) is 1.94. The summed E-state index contributed by atoms with van der Waals surface area (Å²) in [7, 11) is 0. The van der Waals surface area contributed by atoms with Crippen molar-refractivity contribution in [2.75, 3.05) is 19.6 Å². The molecule has 4 rings (SSSR count). The molecule has 2 aliphatic heterocycles. The minimum Gasteiger partial charge on any atom is -0.458 e. The summed E-state index contributed by atoms with van der Waals surface area (Å²) in [6.45, 7) is 2.37. The van der Waals surface area contributed by atoms with Gasteiger partial charge in [-0.15, -0.1) is 0 Å². The number of carbonyl (C=O) groups is 2. The second kappa shape index (κ2) is 4.72. The number of likely N-dealkylation sites (tertiary alicyclic amines) is 1. The summed E-state index contributed by atoms with van der Waals surface area (Å²) in [6, 6.07) is 0. The molecule has 0 amide bonds. The van der Waals surface area contributed by atoms with Crippen molar-refractivity contribution in [3.63, 3.8) is 0 Å². The molecule has 20 heavy (non-hydrogen) atoms. The topological polar surface area (TPSA) is 55.8 Å². The molecular formula is C15H21NO4. The second-order valence-electron chi connectivity index (χ2n) is 6.69. The van der Waals surface area contributed by atoms with E-state index in [1.165, 1.54) is 19.3 Å². The zero-order chi connectivity index (χ0) is 13.7. The van der Waals surface area contributed by atoms with Crippen LogP contribution in [0.15, 0.2) is 0 Å². The quantitative estimate of drug-likeness (QED) is 0.720. The lowest BCUT2D eigenvalue weighted by Crippen LogP contribution is -2.40. The van der Waals surface area contributed by atoms with Gasteiger partial charge in [-0.25, -0.2) is 0 Å². The Kier molecular flexibility index (Phi) is 2.98. The Labute approximate surface area is 118 Å². The van der Waals surface area contributed by atoms with Crippen LogP contribution >= 0.6 is 0 Å². The van der Waals surface area contributed by atoms with E-state index in [9.17, 15) is 9.59 Å². The highest BCUT2D eigenvalue weighted by atomic mass is 16.6. The first-order valence-corrected chi connectivity index (χ1v) is 7.85. The van der Waals surface area contributed by atoms with Crippen LogP contribution in [0.2, 0.25) is 0 Å². The highest BCUT2D eigenvalue weighted by molar-refractivity contribution is 5.77. The Morgan fingerprint density at radius 2 is 2.05 bits per heavy atom. The summed E-state index contributed by atoms with van der Waals surface area (Å²) in [5.74, 6) is 0.509. The SMILES string of the molecule is O=C(CN1CCCCC1)OC1C2CC3C(=O)OC1C3C2. The molecular weight excluding hydrogens is 258 g/mol. The van der Waals surface area contributed by atoms with Crippen molar-refractivity contribution in [2.24, 2.45) is 17.8 Å². The number of fused-ring (bicyclic) bond motifs is 1. The predicted molar refractivity (Wildman–Crippen MR) is 69.8 cm³/mol. The van der Waals surface area contributed by atoms with Crippen molar-refractivity contribution in [3.8, 4) is 0 Å². The fourth-order valence-electron chi connectivity index (χ4n) is 4.55. The van der Waals surface area contributed by atoms with E-state index in [0.29, 0.717) is 18.4 Å². The molecule has 110 valence electrons. The smallest absolute Gasteiger partial charge is 0.320 e. The molecule has 2 saturated heterocycles. The molecule has 0 aromatic carbocycles. The highest BCUT2D eigenvalue weighted by Crippen LogP contribution is 2.55. The molecule has 0 aromatic heterocycles. The van der Waals surface area contributed by atoms with Crippen molar-refractivity contribution < 1.29 is 19.1 Å². The largest absolute Gasteiger partial charge is 0.458 e. The van der Waals surface area contributed by atoms with Crippen LogP contribution in [0.5, 0.6) is 0 Å². The molecule has 2 aliphatic carbocycles. The number of hydrogen-bond acceptors (Lipinski definition) is 5. The van der Waals surface area contributed by atoms with Crippen LogP contribution in [-0.2, 0) is 19.1 Å². The molecule has 2 heterocycles. The van der Waals surface area contributed by atoms with Crippen LogP contribution in [0, 0.1) is 17.8 Å². The Bertz CT molecular complexity index is 432. The maximum absolute atomic E-state index is 12.1. The molecule has 5 heteroatoms. The van der Waals surface area contributed by atoms with Gasteiger partial charge in [0.25, 0.3) is 0 Å². The molecule has 2 bridgehead atoms. The minimum absolute atomic E-state index is 0.0721. The molecule has 5 atom stereocenters. The molecule has 5 nitrogen and oxygen atoms in total. The molecule has 4 aliphatic rings. The normalized spacial score (nSPS) is 42.8. The summed E-state index contributed by atoms with van der Waals surface area (Å²) < 4.78 is 11.1. The van der Waals surface area contributed by atoms with E-state index in [0.717, 1.165) is 25.9 Å². The number of ether oxygens (including phenoxy) is 2. The fourth-order valence-corrected chi connectivity index (χ4v) is 4.55. The lowest BCUT2D eigenvalue weighted by molar-refractivity contribution is -0.162. The highest BCUT2D eigenvalue weighted by Gasteiger charge is 2.63. The average Bonchev–Trinajstić information content (AvgIpc) is 3.04. The van der Waals surface area contributed by atoms with Crippen LogP contribution in [0.1, 0.15) is 32.1 Å². The Morgan fingerprint density at radius 3 is 2.85 bits per heavy atom. The summed E-state index contributed by atoms with van der Waals surface area (Å²) in [6.07, 6.45) is 5.10. The van der Waals surface area contributed by atoms with Gasteiger partial charge < -0.3 is 9.47 Å². The van der Waals surface area contributed by atoms with Gasteiger partial charge in [-0.3, -0.25) is 14.5 Å². The second-order valence-corrected chi connectivity index (χ2v) is 6.69. The number of hydrogen-bond donors (Lipinski definition) is 0. The Hall–Kier alpha value is -1.10. The summed E-state index contributed by atoms with van der Waals surface area (Å²) in [5.41, 5.74) is 0. The van der Waals surface area contributed by atoms with Crippen molar-refractivity contribution in [3.05, 3.63) is 0 Å². The molecule has 0 radical (unpaired) electrons. The number of carbonyl (C=O) groups excluding carboxylic acids is 2. The molecule has 0 aromatic rings. The Morgan fingerprint density at radius 1 is 1.25 bits per heavy atom. The van der Waals surface area contributed by atoms with Crippen molar-refractivity contribution >= 4 is 11.9 Å². The van der Waals surface area contributed by atoms with Crippen LogP contribution in [0.25, 0.3) is 0 Å². The average molecular weight is 279 g/mol. The zero-order valence-corrected chi connectivity index (χ0v) is 11.6. The first-order valence-electron chi connectivity index (χ1n) is 7.85. The lowest BCUT2D eigenvalue weighted by atomic mass is 9.88. The number of piperidine rings is 1. The first-order chi connectivity index (χ1) is 9.72. The monoisotopic (exact) mass is 279 g/mol. The van der Waals surface area contributed by atoms with Crippen molar-refractivity contribution in [2.45, 2.75) is 44.3 Å². The van der Waals surface area contributed by atoms with E-state index in [-0.39, 0.29) is 30.1 Å².